The number of ether oxygens (including phenoxy) is 2. The molecule has 0 aromatic heterocycles. The second-order valence-electron chi connectivity index (χ2n) is 4.64. The molecule has 0 amide bonds. The van der Waals surface area contributed by atoms with Gasteiger partial charge in [-0.3, -0.25) is 4.79 Å². The van der Waals surface area contributed by atoms with E-state index in [1.54, 1.807) is 18.2 Å². The maximum Gasteiger partial charge on any atom is 0.309 e. The van der Waals surface area contributed by atoms with Gasteiger partial charge in [-0.2, -0.15) is 5.26 Å². The van der Waals surface area contributed by atoms with Crippen LogP contribution in [0.4, 0.5) is 0 Å². The number of hydrogen-bond acceptors (Lipinski definition) is 4. The molecule has 0 atom stereocenters. The molecular formula is C14H14ClNO3. The fraction of sp³-hybridized carbons (Fsp3) is 0.429. The molecule has 0 saturated heterocycles. The van der Waals surface area contributed by atoms with Gasteiger partial charge in [-0.1, -0.05) is 11.6 Å². The average Bonchev–Trinajstić information content (AvgIpc) is 2.36. The third-order valence-corrected chi connectivity index (χ3v) is 3.58. The molecule has 100 valence electrons. The molecule has 1 aliphatic carbocycles. The van der Waals surface area contributed by atoms with Gasteiger partial charge in [-0.25, -0.2) is 0 Å². The van der Waals surface area contributed by atoms with Crippen LogP contribution in [0.2, 0.25) is 5.02 Å². The molecule has 1 aliphatic rings. The van der Waals surface area contributed by atoms with E-state index in [9.17, 15) is 4.79 Å². The van der Waals surface area contributed by atoms with Crippen LogP contribution in [0, 0.1) is 11.3 Å². The molecule has 0 aliphatic heterocycles. The number of nitrogens with zero attached hydrogens (tertiary/aromatic N) is 1. The molecule has 5 heteroatoms. The second kappa shape index (κ2) is 5.50. The predicted octanol–water partition coefficient (Wildman–Crippen LogP) is 3.08. The summed E-state index contributed by atoms with van der Waals surface area (Å²) in [5.41, 5.74) is -0.135. The highest BCUT2D eigenvalue weighted by molar-refractivity contribution is 6.30. The molecule has 0 N–H and O–H groups in total. The zero-order valence-corrected chi connectivity index (χ0v) is 11.4. The van der Waals surface area contributed by atoms with E-state index >= 15 is 0 Å². The van der Waals surface area contributed by atoms with Gasteiger partial charge in [0.15, 0.2) is 0 Å². The molecule has 0 heterocycles. The minimum Gasteiger partial charge on any atom is -0.485 e. The zero-order valence-electron chi connectivity index (χ0n) is 10.6. The Morgan fingerprint density at radius 3 is 2.79 bits per heavy atom. The summed E-state index contributed by atoms with van der Waals surface area (Å²) < 4.78 is 10.6. The van der Waals surface area contributed by atoms with Gasteiger partial charge in [0.1, 0.15) is 17.4 Å². The minimum atomic E-state index is -0.552. The van der Waals surface area contributed by atoms with Crippen LogP contribution in [0.5, 0.6) is 5.75 Å². The van der Waals surface area contributed by atoms with Crippen molar-refractivity contribution in [2.75, 3.05) is 7.11 Å². The predicted molar refractivity (Wildman–Crippen MR) is 70.0 cm³/mol. The largest absolute Gasteiger partial charge is 0.485 e. The van der Waals surface area contributed by atoms with Crippen LogP contribution in [0.25, 0.3) is 0 Å². The molecule has 1 aromatic carbocycles. The van der Waals surface area contributed by atoms with Crippen molar-refractivity contribution >= 4 is 17.6 Å². The number of nitriles is 1. The normalized spacial score (nSPS) is 16.1. The summed E-state index contributed by atoms with van der Waals surface area (Å²) in [6.45, 7) is 0. The SMILES string of the molecule is COC(=O)CC1(Oc2cc(Cl)ccc2C#N)CCC1. The summed E-state index contributed by atoms with van der Waals surface area (Å²) in [7, 11) is 1.36. The molecule has 0 spiro atoms. The first-order valence-electron chi connectivity index (χ1n) is 6.04. The van der Waals surface area contributed by atoms with E-state index in [2.05, 4.69) is 10.8 Å². The van der Waals surface area contributed by atoms with Crippen LogP contribution in [-0.2, 0) is 9.53 Å². The fourth-order valence-corrected chi connectivity index (χ4v) is 2.29. The maximum absolute atomic E-state index is 11.4. The van der Waals surface area contributed by atoms with Gasteiger partial charge in [0, 0.05) is 11.1 Å². The van der Waals surface area contributed by atoms with Gasteiger partial charge in [-0.05, 0) is 31.4 Å². The molecular weight excluding hydrogens is 266 g/mol. The molecule has 19 heavy (non-hydrogen) atoms. The lowest BCUT2D eigenvalue weighted by Crippen LogP contribution is -2.45. The van der Waals surface area contributed by atoms with E-state index in [1.165, 1.54) is 7.11 Å². The van der Waals surface area contributed by atoms with Gasteiger partial charge >= 0.3 is 5.97 Å². The van der Waals surface area contributed by atoms with E-state index in [0.717, 1.165) is 19.3 Å². The lowest BCUT2D eigenvalue weighted by molar-refractivity contribution is -0.148. The number of hydrogen-bond donors (Lipinski definition) is 0. The summed E-state index contributed by atoms with van der Waals surface area (Å²) >= 11 is 5.92. The summed E-state index contributed by atoms with van der Waals surface area (Å²) in [6.07, 6.45) is 2.75. The third kappa shape index (κ3) is 2.99. The lowest BCUT2D eigenvalue weighted by Gasteiger charge is -2.41. The van der Waals surface area contributed by atoms with Crippen molar-refractivity contribution in [2.24, 2.45) is 0 Å². The van der Waals surface area contributed by atoms with Gasteiger partial charge in [0.2, 0.25) is 0 Å². The third-order valence-electron chi connectivity index (χ3n) is 3.35. The fourth-order valence-electron chi connectivity index (χ4n) is 2.13. The van der Waals surface area contributed by atoms with Crippen molar-refractivity contribution in [1.82, 2.24) is 0 Å². The Hall–Kier alpha value is -1.73. The Bertz CT molecular complexity index is 532. The van der Waals surface area contributed by atoms with Gasteiger partial charge in [0.05, 0.1) is 19.1 Å². The Kier molecular flexibility index (Phi) is 3.96. The van der Waals surface area contributed by atoms with Gasteiger partial charge in [0.25, 0.3) is 0 Å². The van der Waals surface area contributed by atoms with Crippen LogP contribution in [0.15, 0.2) is 18.2 Å². The number of benzene rings is 1. The van der Waals surface area contributed by atoms with Gasteiger partial charge < -0.3 is 9.47 Å². The topological polar surface area (TPSA) is 59.3 Å². The molecule has 0 radical (unpaired) electrons. The van der Waals surface area contributed by atoms with Crippen LogP contribution < -0.4 is 4.74 Å². The smallest absolute Gasteiger partial charge is 0.309 e. The minimum absolute atomic E-state index is 0.195. The first-order chi connectivity index (χ1) is 9.08. The maximum atomic E-state index is 11.4. The number of halogens is 1. The van der Waals surface area contributed by atoms with Crippen LogP contribution in [-0.4, -0.2) is 18.7 Å². The summed E-state index contributed by atoms with van der Waals surface area (Å²) in [5.74, 6) is 0.124. The van der Waals surface area contributed by atoms with Crippen molar-refractivity contribution in [3.05, 3.63) is 28.8 Å². The van der Waals surface area contributed by atoms with Crippen LogP contribution in [0.1, 0.15) is 31.2 Å². The molecule has 0 unspecified atom stereocenters. The van der Waals surface area contributed by atoms with Gasteiger partial charge in [-0.15, -0.1) is 0 Å². The molecule has 1 saturated carbocycles. The number of carbonyl (C=O) groups is 1. The number of esters is 1. The van der Waals surface area contributed by atoms with Crippen molar-refractivity contribution in [2.45, 2.75) is 31.3 Å². The Labute approximate surface area is 116 Å². The molecule has 1 fully saturated rings. The van der Waals surface area contributed by atoms with E-state index < -0.39 is 5.60 Å². The lowest BCUT2D eigenvalue weighted by atomic mass is 9.77. The molecule has 0 bridgehead atoms. The van der Waals surface area contributed by atoms with Crippen molar-refractivity contribution < 1.29 is 14.3 Å². The van der Waals surface area contributed by atoms with Crippen LogP contribution >= 0.6 is 11.6 Å². The summed E-state index contributed by atoms with van der Waals surface area (Å²) in [4.78, 5) is 11.4. The standard InChI is InChI=1S/C14H14ClNO3/c1-18-13(17)8-14(5-2-6-14)19-12-7-11(15)4-3-10(12)9-16/h3-4,7H,2,5-6,8H2,1H3. The van der Waals surface area contributed by atoms with E-state index in [-0.39, 0.29) is 12.4 Å². The highest BCUT2D eigenvalue weighted by Gasteiger charge is 2.42. The second-order valence-corrected chi connectivity index (χ2v) is 5.08. The van der Waals surface area contributed by atoms with E-state index in [4.69, 9.17) is 21.6 Å². The Morgan fingerprint density at radius 2 is 2.26 bits per heavy atom. The highest BCUT2D eigenvalue weighted by Crippen LogP contribution is 2.41. The molecule has 4 nitrogen and oxygen atoms in total. The zero-order chi connectivity index (χ0) is 13.9. The first kappa shape index (κ1) is 13.7. The summed E-state index contributed by atoms with van der Waals surface area (Å²) in [6, 6.07) is 6.92. The molecule has 1 aromatic rings. The number of rotatable bonds is 4. The average molecular weight is 280 g/mol. The first-order valence-corrected chi connectivity index (χ1v) is 6.42. The monoisotopic (exact) mass is 279 g/mol. The van der Waals surface area contributed by atoms with Crippen LogP contribution in [0.3, 0.4) is 0 Å². The highest BCUT2D eigenvalue weighted by atomic mass is 35.5. The number of carbonyl (C=O) groups excluding carboxylic acids is 1. The van der Waals surface area contributed by atoms with Crippen molar-refractivity contribution in [3.63, 3.8) is 0 Å². The van der Waals surface area contributed by atoms with E-state index in [0.29, 0.717) is 16.3 Å². The summed E-state index contributed by atoms with van der Waals surface area (Å²) in [5, 5.41) is 9.56. The number of methoxy groups -OCH3 is 1. The quantitative estimate of drug-likeness (QED) is 0.795. The van der Waals surface area contributed by atoms with Crippen molar-refractivity contribution in [3.8, 4) is 11.8 Å². The Balaban J connectivity index is 2.21. The van der Waals surface area contributed by atoms with E-state index in [1.807, 2.05) is 0 Å². The van der Waals surface area contributed by atoms with Crippen molar-refractivity contribution in [1.29, 1.82) is 5.26 Å². The Morgan fingerprint density at radius 1 is 1.53 bits per heavy atom. The molecule has 2 rings (SSSR count).